The van der Waals surface area contributed by atoms with Crippen LogP contribution in [0.5, 0.6) is 0 Å². The minimum absolute atomic E-state index is 0.178. The van der Waals surface area contributed by atoms with Crippen molar-refractivity contribution >= 4 is 0 Å². The van der Waals surface area contributed by atoms with Crippen LogP contribution in [0.25, 0.3) is 0 Å². The molecule has 1 unspecified atom stereocenters. The Morgan fingerprint density at radius 1 is 0.826 bits per heavy atom. The predicted octanol–water partition coefficient (Wildman–Crippen LogP) is 5.10. The van der Waals surface area contributed by atoms with E-state index in [0.717, 1.165) is 11.1 Å². The van der Waals surface area contributed by atoms with E-state index < -0.39 is 0 Å². The van der Waals surface area contributed by atoms with E-state index in [1.54, 1.807) is 0 Å². The average molecular weight is 309 g/mol. The first kappa shape index (κ1) is 16.2. The van der Waals surface area contributed by atoms with Crippen molar-refractivity contribution in [2.24, 2.45) is 0 Å². The third-order valence-electron chi connectivity index (χ3n) is 5.47. The summed E-state index contributed by atoms with van der Waals surface area (Å²) in [6.07, 6.45) is 2.41. The van der Waals surface area contributed by atoms with Gasteiger partial charge in [-0.3, -0.25) is 0 Å². The number of fused-ring (bicyclic) bond motifs is 1. The zero-order chi connectivity index (χ0) is 16.7. The van der Waals surface area contributed by atoms with Crippen LogP contribution in [-0.2, 0) is 10.8 Å². The SMILES string of the molecule is CC1(C)CCC(C)(C)c2cc(C(NO)c3ccccc3)ccc21. The van der Waals surface area contributed by atoms with Crippen LogP contribution in [0, 0.1) is 0 Å². The highest BCUT2D eigenvalue weighted by atomic mass is 16.5. The molecule has 23 heavy (non-hydrogen) atoms. The third-order valence-corrected chi connectivity index (χ3v) is 5.47. The molecular weight excluding hydrogens is 282 g/mol. The predicted molar refractivity (Wildman–Crippen MR) is 94.9 cm³/mol. The Bertz CT molecular complexity index is 688. The van der Waals surface area contributed by atoms with Crippen molar-refractivity contribution in [3.05, 3.63) is 70.8 Å². The molecule has 0 spiro atoms. The maximum absolute atomic E-state index is 9.72. The van der Waals surface area contributed by atoms with Gasteiger partial charge in [0.1, 0.15) is 0 Å². The Hall–Kier alpha value is -1.64. The van der Waals surface area contributed by atoms with Crippen LogP contribution in [-0.4, -0.2) is 5.21 Å². The van der Waals surface area contributed by atoms with E-state index in [0.29, 0.717) is 0 Å². The molecule has 1 aliphatic carbocycles. The van der Waals surface area contributed by atoms with Crippen molar-refractivity contribution in [2.75, 3.05) is 0 Å². The quantitative estimate of drug-likeness (QED) is 0.773. The maximum atomic E-state index is 9.72. The number of benzene rings is 2. The standard InChI is InChI=1S/C21H27NO/c1-20(2)12-13-21(3,4)18-14-16(10-11-17(18)20)19(22-23)15-8-6-5-7-9-15/h5-11,14,19,22-23H,12-13H2,1-4H3. The minimum atomic E-state index is -0.192. The summed E-state index contributed by atoms with van der Waals surface area (Å²) in [4.78, 5) is 0. The largest absolute Gasteiger partial charge is 0.316 e. The van der Waals surface area contributed by atoms with Crippen LogP contribution in [0.2, 0.25) is 0 Å². The number of hydrogen-bond acceptors (Lipinski definition) is 2. The van der Waals surface area contributed by atoms with E-state index in [1.807, 2.05) is 30.3 Å². The van der Waals surface area contributed by atoms with E-state index >= 15 is 0 Å². The third kappa shape index (κ3) is 2.93. The van der Waals surface area contributed by atoms with Crippen molar-refractivity contribution in [1.82, 2.24) is 5.48 Å². The minimum Gasteiger partial charge on any atom is -0.316 e. The van der Waals surface area contributed by atoms with Gasteiger partial charge >= 0.3 is 0 Å². The Balaban J connectivity index is 2.09. The second-order valence-electron chi connectivity index (χ2n) is 8.05. The van der Waals surface area contributed by atoms with Crippen LogP contribution >= 0.6 is 0 Å². The van der Waals surface area contributed by atoms with Gasteiger partial charge in [0.25, 0.3) is 0 Å². The van der Waals surface area contributed by atoms with Gasteiger partial charge in [-0.1, -0.05) is 76.2 Å². The molecule has 3 rings (SSSR count). The number of rotatable bonds is 3. The van der Waals surface area contributed by atoms with Crippen molar-refractivity contribution in [3.8, 4) is 0 Å². The van der Waals surface area contributed by atoms with Crippen LogP contribution < -0.4 is 5.48 Å². The fraction of sp³-hybridized carbons (Fsp3) is 0.429. The van der Waals surface area contributed by atoms with Gasteiger partial charge in [-0.2, -0.15) is 5.48 Å². The van der Waals surface area contributed by atoms with Crippen LogP contribution in [0.3, 0.4) is 0 Å². The molecule has 1 aliphatic rings. The smallest absolute Gasteiger partial charge is 0.0819 e. The van der Waals surface area contributed by atoms with Crippen LogP contribution in [0.1, 0.15) is 68.8 Å². The summed E-state index contributed by atoms with van der Waals surface area (Å²) in [7, 11) is 0. The first-order valence-corrected chi connectivity index (χ1v) is 8.45. The average Bonchev–Trinajstić information content (AvgIpc) is 2.54. The first-order chi connectivity index (χ1) is 10.8. The summed E-state index contributed by atoms with van der Waals surface area (Å²) in [5.41, 5.74) is 7.94. The highest BCUT2D eigenvalue weighted by Gasteiger charge is 2.37. The number of nitrogens with one attached hydrogen (secondary N) is 1. The molecule has 1 atom stereocenters. The van der Waals surface area contributed by atoms with E-state index in [-0.39, 0.29) is 16.9 Å². The molecule has 122 valence electrons. The van der Waals surface area contributed by atoms with Gasteiger partial charge in [0, 0.05) is 0 Å². The molecule has 0 radical (unpaired) electrons. The molecule has 0 aliphatic heterocycles. The lowest BCUT2D eigenvalue weighted by Crippen LogP contribution is -2.34. The second kappa shape index (κ2) is 5.77. The molecule has 0 amide bonds. The lowest BCUT2D eigenvalue weighted by Gasteiger charge is -2.42. The Morgan fingerprint density at radius 2 is 1.43 bits per heavy atom. The van der Waals surface area contributed by atoms with Gasteiger partial charge in [0.05, 0.1) is 6.04 Å². The first-order valence-electron chi connectivity index (χ1n) is 8.45. The van der Waals surface area contributed by atoms with Gasteiger partial charge in [0.15, 0.2) is 0 Å². The molecular formula is C21H27NO. The van der Waals surface area contributed by atoms with Crippen molar-refractivity contribution in [2.45, 2.75) is 57.4 Å². The Labute approximate surface area is 139 Å². The zero-order valence-electron chi connectivity index (χ0n) is 14.6. The molecule has 0 bridgehead atoms. The van der Waals surface area contributed by atoms with Crippen molar-refractivity contribution < 1.29 is 5.21 Å². The summed E-state index contributed by atoms with van der Waals surface area (Å²) < 4.78 is 0. The molecule has 2 aromatic rings. The van der Waals surface area contributed by atoms with E-state index in [1.165, 1.54) is 24.0 Å². The summed E-state index contributed by atoms with van der Waals surface area (Å²) in [5.74, 6) is 0. The number of hydrogen-bond donors (Lipinski definition) is 2. The molecule has 0 heterocycles. The van der Waals surface area contributed by atoms with Gasteiger partial charge in [-0.05, 0) is 45.9 Å². The summed E-state index contributed by atoms with van der Waals surface area (Å²) >= 11 is 0. The van der Waals surface area contributed by atoms with E-state index in [2.05, 4.69) is 51.4 Å². The van der Waals surface area contributed by atoms with Crippen LogP contribution in [0.4, 0.5) is 0 Å². The number of hydroxylamine groups is 1. The van der Waals surface area contributed by atoms with Gasteiger partial charge in [-0.25, -0.2) is 0 Å². The highest BCUT2D eigenvalue weighted by molar-refractivity contribution is 5.46. The second-order valence-corrected chi connectivity index (χ2v) is 8.05. The molecule has 2 aromatic carbocycles. The monoisotopic (exact) mass is 309 g/mol. The summed E-state index contributed by atoms with van der Waals surface area (Å²) in [6, 6.07) is 16.6. The molecule has 0 saturated heterocycles. The lowest BCUT2D eigenvalue weighted by molar-refractivity contribution is 0.141. The summed E-state index contributed by atoms with van der Waals surface area (Å²) in [5, 5.41) is 9.72. The zero-order valence-corrected chi connectivity index (χ0v) is 14.6. The fourth-order valence-corrected chi connectivity index (χ4v) is 3.77. The fourth-order valence-electron chi connectivity index (χ4n) is 3.77. The molecule has 2 nitrogen and oxygen atoms in total. The van der Waals surface area contributed by atoms with Crippen LogP contribution in [0.15, 0.2) is 48.5 Å². The Morgan fingerprint density at radius 3 is 2.04 bits per heavy atom. The lowest BCUT2D eigenvalue weighted by atomic mass is 9.63. The summed E-state index contributed by atoms with van der Waals surface area (Å²) in [6.45, 7) is 9.32. The van der Waals surface area contributed by atoms with Gasteiger partial charge in [0.2, 0.25) is 0 Å². The topological polar surface area (TPSA) is 32.3 Å². The van der Waals surface area contributed by atoms with E-state index in [4.69, 9.17) is 0 Å². The van der Waals surface area contributed by atoms with Gasteiger partial charge < -0.3 is 5.21 Å². The Kier molecular flexibility index (Phi) is 4.07. The molecule has 2 heteroatoms. The van der Waals surface area contributed by atoms with E-state index in [9.17, 15) is 5.21 Å². The van der Waals surface area contributed by atoms with Gasteiger partial charge in [-0.15, -0.1) is 0 Å². The molecule has 0 fully saturated rings. The highest BCUT2D eigenvalue weighted by Crippen LogP contribution is 2.46. The van der Waals surface area contributed by atoms with Crippen molar-refractivity contribution in [1.29, 1.82) is 0 Å². The molecule has 0 aromatic heterocycles. The molecule has 2 N–H and O–H groups in total. The normalized spacial score (nSPS) is 19.9. The maximum Gasteiger partial charge on any atom is 0.0819 e. The van der Waals surface area contributed by atoms with Crippen molar-refractivity contribution in [3.63, 3.8) is 0 Å². The molecule has 0 saturated carbocycles.